The number of aliphatic hydroxyl groups excluding tert-OH is 1. The first-order valence-corrected chi connectivity index (χ1v) is 12.1. The second kappa shape index (κ2) is 10.4. The number of aryl methyl sites for hydroxylation is 1. The molecule has 2 nitrogen and oxygen atoms in total. The third kappa shape index (κ3) is 5.40. The quantitative estimate of drug-likeness (QED) is 0.297. The largest absolute Gasteiger partial charge is 0.511 e. The van der Waals surface area contributed by atoms with Crippen LogP contribution in [0.5, 0.6) is 0 Å². The summed E-state index contributed by atoms with van der Waals surface area (Å²) in [6.45, 7) is 9.84. The smallest absolute Gasteiger partial charge is 0.102 e. The van der Waals surface area contributed by atoms with Crippen LogP contribution in [0.25, 0.3) is 23.3 Å². The van der Waals surface area contributed by atoms with E-state index < -0.39 is 0 Å². The molecule has 3 aromatic rings. The van der Waals surface area contributed by atoms with Gasteiger partial charge in [0.1, 0.15) is 5.76 Å². The average Bonchev–Trinajstić information content (AvgIpc) is 2.82. The topological polar surface area (TPSA) is 23.5 Å². The molecule has 0 amide bonds. The molecule has 3 aromatic carbocycles. The van der Waals surface area contributed by atoms with E-state index in [1.54, 1.807) is 0 Å². The Morgan fingerprint density at radius 3 is 2.55 bits per heavy atom. The lowest BCUT2D eigenvalue weighted by molar-refractivity contribution is 0.128. The molecule has 1 saturated heterocycles. The molecule has 4 rings (SSSR count). The summed E-state index contributed by atoms with van der Waals surface area (Å²) in [6, 6.07) is 21.2. The van der Waals surface area contributed by atoms with Crippen LogP contribution in [0.15, 0.2) is 73.0 Å². The molecular formula is C30H32ClNO. The Morgan fingerprint density at radius 1 is 1.03 bits per heavy atom. The highest BCUT2D eigenvalue weighted by Gasteiger charge is 2.25. The van der Waals surface area contributed by atoms with Crippen LogP contribution in [0, 0.1) is 13.8 Å². The van der Waals surface area contributed by atoms with Crippen molar-refractivity contribution in [1.29, 1.82) is 0 Å². The number of nitrogens with zero attached hydrogens (tertiary/aromatic N) is 1. The van der Waals surface area contributed by atoms with E-state index >= 15 is 0 Å². The van der Waals surface area contributed by atoms with Gasteiger partial charge < -0.3 is 5.11 Å². The second-order valence-corrected chi connectivity index (χ2v) is 9.40. The van der Waals surface area contributed by atoms with Gasteiger partial charge in [0, 0.05) is 11.6 Å². The molecule has 1 N–H and O–H groups in total. The van der Waals surface area contributed by atoms with Gasteiger partial charge >= 0.3 is 0 Å². The van der Waals surface area contributed by atoms with Crippen molar-refractivity contribution in [3.05, 3.63) is 106 Å². The molecule has 33 heavy (non-hydrogen) atoms. The third-order valence-corrected chi connectivity index (χ3v) is 7.06. The zero-order chi connectivity index (χ0) is 23.4. The summed E-state index contributed by atoms with van der Waals surface area (Å²) in [4.78, 5) is 2.32. The molecule has 0 bridgehead atoms. The molecule has 0 unspecified atom stereocenters. The zero-order valence-corrected chi connectivity index (χ0v) is 20.3. The van der Waals surface area contributed by atoms with E-state index in [0.29, 0.717) is 0 Å². The van der Waals surface area contributed by atoms with Gasteiger partial charge in [0.15, 0.2) is 0 Å². The van der Waals surface area contributed by atoms with Crippen molar-refractivity contribution in [2.45, 2.75) is 45.7 Å². The molecule has 1 aliphatic heterocycles. The lowest BCUT2D eigenvalue weighted by Crippen LogP contribution is -2.40. The fourth-order valence-electron chi connectivity index (χ4n) is 4.76. The van der Waals surface area contributed by atoms with Gasteiger partial charge in [-0.2, -0.15) is 0 Å². The minimum atomic E-state index is 0.0383. The highest BCUT2D eigenvalue weighted by atomic mass is 35.5. The maximum atomic E-state index is 10.0. The van der Waals surface area contributed by atoms with Gasteiger partial charge in [0.05, 0.1) is 6.04 Å². The van der Waals surface area contributed by atoms with Crippen molar-refractivity contribution in [2.24, 2.45) is 0 Å². The van der Waals surface area contributed by atoms with Gasteiger partial charge in [-0.25, -0.2) is 0 Å². The van der Waals surface area contributed by atoms with Gasteiger partial charge in [0.2, 0.25) is 0 Å². The number of piperidine rings is 1. The van der Waals surface area contributed by atoms with Crippen LogP contribution in [-0.2, 0) is 6.54 Å². The summed E-state index contributed by atoms with van der Waals surface area (Å²) in [5, 5.41) is 10.8. The van der Waals surface area contributed by atoms with Crippen molar-refractivity contribution in [2.75, 3.05) is 6.54 Å². The summed E-state index contributed by atoms with van der Waals surface area (Å²) in [5.41, 5.74) is 8.34. The van der Waals surface area contributed by atoms with Crippen molar-refractivity contribution in [3.63, 3.8) is 0 Å². The van der Waals surface area contributed by atoms with E-state index in [1.807, 2.05) is 6.07 Å². The monoisotopic (exact) mass is 457 g/mol. The molecule has 0 saturated carbocycles. The Morgan fingerprint density at radius 2 is 1.79 bits per heavy atom. The Bertz CT molecular complexity index is 1170. The molecule has 0 aromatic heterocycles. The number of hydrogen-bond donors (Lipinski definition) is 1. The van der Waals surface area contributed by atoms with Gasteiger partial charge in [-0.05, 0) is 78.2 Å². The molecule has 3 heteroatoms. The number of benzene rings is 3. The number of halogens is 1. The Hall–Kier alpha value is -2.81. The van der Waals surface area contributed by atoms with Crippen molar-refractivity contribution in [1.82, 2.24) is 4.90 Å². The first kappa shape index (κ1) is 23.4. The Kier molecular flexibility index (Phi) is 7.37. The summed E-state index contributed by atoms with van der Waals surface area (Å²) in [5.74, 6) is 0.270. The molecular weight excluding hydrogens is 426 g/mol. The Labute approximate surface area is 202 Å². The summed E-state index contributed by atoms with van der Waals surface area (Å²) in [7, 11) is 0. The molecule has 0 radical (unpaired) electrons. The summed E-state index contributed by atoms with van der Waals surface area (Å²) >= 11 is 6.71. The van der Waals surface area contributed by atoms with E-state index in [0.717, 1.165) is 42.9 Å². The maximum Gasteiger partial charge on any atom is 0.102 e. The zero-order valence-electron chi connectivity index (χ0n) is 19.5. The highest BCUT2D eigenvalue weighted by molar-refractivity contribution is 6.32. The van der Waals surface area contributed by atoms with Gasteiger partial charge in [-0.3, -0.25) is 4.90 Å². The molecule has 0 spiro atoms. The lowest BCUT2D eigenvalue weighted by atomic mass is 9.95. The predicted octanol–water partition coefficient (Wildman–Crippen LogP) is 8.22. The van der Waals surface area contributed by atoms with Crippen molar-refractivity contribution < 1.29 is 5.11 Å². The van der Waals surface area contributed by atoms with E-state index in [1.165, 1.54) is 33.4 Å². The SMILES string of the molecule is C=C(O)[C@@H]1CCCCN1Cc1cc(Cl)c(/C=C/c2cccc(-c3ccccc3)c2C)cc1C. The van der Waals surface area contributed by atoms with Crippen LogP contribution in [-0.4, -0.2) is 22.6 Å². The maximum absolute atomic E-state index is 10.0. The van der Waals surface area contributed by atoms with Crippen LogP contribution < -0.4 is 0 Å². The van der Waals surface area contributed by atoms with Crippen LogP contribution in [0.3, 0.4) is 0 Å². The van der Waals surface area contributed by atoms with Gasteiger partial charge in [0.25, 0.3) is 0 Å². The van der Waals surface area contributed by atoms with Crippen LogP contribution in [0.4, 0.5) is 0 Å². The second-order valence-electron chi connectivity index (χ2n) is 8.99. The molecule has 1 heterocycles. The Balaban J connectivity index is 1.56. The summed E-state index contributed by atoms with van der Waals surface area (Å²) < 4.78 is 0. The van der Waals surface area contributed by atoms with E-state index in [9.17, 15) is 5.11 Å². The molecule has 170 valence electrons. The number of likely N-dealkylation sites (tertiary alicyclic amines) is 1. The fraction of sp³-hybridized carbons (Fsp3) is 0.267. The highest BCUT2D eigenvalue weighted by Crippen LogP contribution is 2.30. The van der Waals surface area contributed by atoms with E-state index in [2.05, 4.69) is 92.1 Å². The summed E-state index contributed by atoms with van der Waals surface area (Å²) in [6.07, 6.45) is 7.51. The molecule has 1 atom stereocenters. The van der Waals surface area contributed by atoms with E-state index in [4.69, 9.17) is 11.6 Å². The molecule has 1 fully saturated rings. The van der Waals surface area contributed by atoms with Gasteiger partial charge in [-0.1, -0.05) is 91.4 Å². The number of aliphatic hydroxyl groups is 1. The standard InChI is InChI=1S/C30H32ClNO/c1-21-18-26(29(31)19-27(21)20-32-17-8-7-14-30(32)23(3)33)16-15-24-12-9-13-28(22(24)2)25-10-5-4-6-11-25/h4-6,9-13,15-16,18-19,30,33H,3,7-8,14,17,20H2,1-2H3/b16-15+/t30-/m0/s1. The predicted molar refractivity (Wildman–Crippen MR) is 142 cm³/mol. The van der Waals surface area contributed by atoms with Crippen molar-refractivity contribution >= 4 is 23.8 Å². The van der Waals surface area contributed by atoms with E-state index in [-0.39, 0.29) is 11.8 Å². The molecule has 1 aliphatic rings. The minimum Gasteiger partial charge on any atom is -0.511 e. The van der Waals surface area contributed by atoms with Crippen molar-refractivity contribution in [3.8, 4) is 11.1 Å². The first-order valence-electron chi connectivity index (χ1n) is 11.7. The average molecular weight is 458 g/mol. The number of hydrogen-bond acceptors (Lipinski definition) is 2. The normalized spacial score (nSPS) is 16.9. The third-order valence-electron chi connectivity index (χ3n) is 6.73. The lowest BCUT2D eigenvalue weighted by Gasteiger charge is -2.35. The van der Waals surface area contributed by atoms with Gasteiger partial charge in [-0.15, -0.1) is 0 Å². The number of rotatable bonds is 6. The van der Waals surface area contributed by atoms with Crippen LogP contribution in [0.1, 0.15) is 47.1 Å². The van der Waals surface area contributed by atoms with Crippen LogP contribution in [0.2, 0.25) is 5.02 Å². The molecule has 0 aliphatic carbocycles. The minimum absolute atomic E-state index is 0.0383. The van der Waals surface area contributed by atoms with Crippen LogP contribution >= 0.6 is 11.6 Å². The first-order chi connectivity index (χ1) is 15.9. The fourth-order valence-corrected chi connectivity index (χ4v) is 5.01.